The van der Waals surface area contributed by atoms with Gasteiger partial charge in [0.1, 0.15) is 5.75 Å². The number of sulfone groups is 2. The fourth-order valence-electron chi connectivity index (χ4n) is 2.94. The summed E-state index contributed by atoms with van der Waals surface area (Å²) < 4.78 is 53.4. The molecule has 3 rings (SSSR count). The van der Waals surface area contributed by atoms with Gasteiger partial charge in [-0.3, -0.25) is 4.79 Å². The highest BCUT2D eigenvalue weighted by molar-refractivity contribution is 7.96. The normalized spacial score (nSPS) is 18.6. The van der Waals surface area contributed by atoms with Gasteiger partial charge >= 0.3 is 0 Å². The number of ether oxygens (including phenoxy) is 1. The van der Waals surface area contributed by atoms with E-state index in [9.17, 15) is 21.6 Å². The van der Waals surface area contributed by atoms with Crippen LogP contribution in [0.3, 0.4) is 0 Å². The van der Waals surface area contributed by atoms with Gasteiger partial charge in [0, 0.05) is 11.3 Å². The first kappa shape index (κ1) is 20.6. The monoisotopic (exact) mass is 443 g/mol. The molecule has 0 radical (unpaired) electrons. The van der Waals surface area contributed by atoms with Gasteiger partial charge in [0.2, 0.25) is 0 Å². The van der Waals surface area contributed by atoms with Crippen LogP contribution in [-0.4, -0.2) is 46.6 Å². The Morgan fingerprint density at radius 1 is 1.18 bits per heavy atom. The summed E-state index contributed by atoms with van der Waals surface area (Å²) in [5, 5.41) is 2.06. The van der Waals surface area contributed by atoms with E-state index >= 15 is 0 Å². The largest absolute Gasteiger partial charge is 0.495 e. The summed E-state index contributed by atoms with van der Waals surface area (Å²) in [5.41, 5.74) is 0.716. The van der Waals surface area contributed by atoms with Crippen molar-refractivity contribution in [1.29, 1.82) is 0 Å². The second kappa shape index (κ2) is 7.73. The molecule has 0 aromatic heterocycles. The maximum Gasteiger partial charge on any atom is 0.255 e. The minimum atomic E-state index is -3.77. The zero-order valence-corrected chi connectivity index (χ0v) is 17.3. The van der Waals surface area contributed by atoms with Crippen molar-refractivity contribution in [2.45, 2.75) is 16.6 Å². The van der Waals surface area contributed by atoms with E-state index in [1.54, 1.807) is 12.1 Å². The van der Waals surface area contributed by atoms with Crippen LogP contribution >= 0.6 is 11.6 Å². The molecule has 10 heteroatoms. The van der Waals surface area contributed by atoms with Crippen molar-refractivity contribution in [3.8, 4) is 5.75 Å². The average Bonchev–Trinajstić information content (AvgIpc) is 3.02. The Morgan fingerprint density at radius 3 is 2.39 bits per heavy atom. The van der Waals surface area contributed by atoms with Crippen LogP contribution in [0.5, 0.6) is 5.75 Å². The van der Waals surface area contributed by atoms with Gasteiger partial charge in [0.25, 0.3) is 5.91 Å². The molecule has 1 heterocycles. The van der Waals surface area contributed by atoms with Crippen LogP contribution in [0, 0.1) is 0 Å². The number of rotatable bonds is 5. The first-order chi connectivity index (χ1) is 13.1. The van der Waals surface area contributed by atoms with Crippen LogP contribution in [0.1, 0.15) is 16.8 Å². The standard InChI is InChI=1S/C18H18ClNO6S2/c1-26-17-7-4-13(10-16(17)19)20-18(21)12-2-5-14(6-3-12)28(24,25)15-8-9-27(22,23)11-15/h2-7,10,15H,8-9,11H2,1H3,(H,20,21). The van der Waals surface area contributed by atoms with Crippen LogP contribution in [0.4, 0.5) is 5.69 Å². The van der Waals surface area contributed by atoms with Gasteiger partial charge in [-0.15, -0.1) is 0 Å². The number of carbonyl (C=O) groups excluding carboxylic acids is 1. The fraction of sp³-hybridized carbons (Fsp3) is 0.278. The van der Waals surface area contributed by atoms with Gasteiger partial charge in [0.05, 0.1) is 33.8 Å². The maximum absolute atomic E-state index is 12.6. The molecular formula is C18H18ClNO6S2. The van der Waals surface area contributed by atoms with Crippen molar-refractivity contribution in [2.24, 2.45) is 0 Å². The lowest BCUT2D eigenvalue weighted by Gasteiger charge is -2.11. The summed E-state index contributed by atoms with van der Waals surface area (Å²) in [4.78, 5) is 12.4. The SMILES string of the molecule is COc1ccc(NC(=O)c2ccc(S(=O)(=O)C3CCS(=O)(=O)C3)cc2)cc1Cl. The van der Waals surface area contributed by atoms with E-state index in [2.05, 4.69) is 5.32 Å². The summed E-state index contributed by atoms with van der Waals surface area (Å²) in [6, 6.07) is 10.2. The summed E-state index contributed by atoms with van der Waals surface area (Å²) in [6.45, 7) is 0. The highest BCUT2D eigenvalue weighted by Gasteiger charge is 2.37. The zero-order valence-electron chi connectivity index (χ0n) is 14.9. The Balaban J connectivity index is 1.75. The third-order valence-electron chi connectivity index (χ3n) is 4.48. The van der Waals surface area contributed by atoms with Gasteiger partial charge in [-0.1, -0.05) is 11.6 Å². The average molecular weight is 444 g/mol. The number of benzene rings is 2. The number of carbonyl (C=O) groups is 1. The Morgan fingerprint density at radius 2 is 1.86 bits per heavy atom. The summed E-state index contributed by atoms with van der Waals surface area (Å²) in [5.74, 6) is -0.450. The summed E-state index contributed by atoms with van der Waals surface area (Å²) >= 11 is 6.03. The number of amides is 1. The Bertz CT molecular complexity index is 1110. The molecule has 2 aromatic rings. The molecule has 0 aliphatic carbocycles. The Hall–Kier alpha value is -2.10. The molecule has 1 saturated heterocycles. The van der Waals surface area contributed by atoms with Crippen molar-refractivity contribution in [2.75, 3.05) is 23.9 Å². The van der Waals surface area contributed by atoms with Gasteiger partial charge in [-0.05, 0) is 48.9 Å². The van der Waals surface area contributed by atoms with Crippen LogP contribution in [-0.2, 0) is 19.7 Å². The number of nitrogens with one attached hydrogen (secondary N) is 1. The van der Waals surface area contributed by atoms with Crippen molar-refractivity contribution in [1.82, 2.24) is 0 Å². The minimum Gasteiger partial charge on any atom is -0.495 e. The predicted octanol–water partition coefficient (Wildman–Crippen LogP) is 2.56. The summed E-state index contributed by atoms with van der Waals surface area (Å²) in [6.07, 6.45) is 0.0884. The molecule has 0 bridgehead atoms. The van der Waals surface area contributed by atoms with Crippen LogP contribution in [0.2, 0.25) is 5.02 Å². The van der Waals surface area contributed by atoms with Gasteiger partial charge in [0.15, 0.2) is 19.7 Å². The smallest absolute Gasteiger partial charge is 0.255 e. The minimum absolute atomic E-state index is 0.00126. The lowest BCUT2D eigenvalue weighted by molar-refractivity contribution is 0.102. The molecular weight excluding hydrogens is 426 g/mol. The topological polar surface area (TPSA) is 107 Å². The van der Waals surface area contributed by atoms with E-state index in [-0.39, 0.29) is 28.4 Å². The van der Waals surface area contributed by atoms with Crippen LogP contribution in [0.15, 0.2) is 47.4 Å². The van der Waals surface area contributed by atoms with E-state index in [0.717, 1.165) is 0 Å². The first-order valence-corrected chi connectivity index (χ1v) is 12.1. The molecule has 1 aliphatic rings. The second-order valence-electron chi connectivity index (χ2n) is 6.40. The quantitative estimate of drug-likeness (QED) is 0.761. The molecule has 0 spiro atoms. The summed E-state index contributed by atoms with van der Waals surface area (Å²) in [7, 11) is -5.60. The third kappa shape index (κ3) is 4.31. The van der Waals surface area contributed by atoms with Crippen molar-refractivity contribution < 1.29 is 26.4 Å². The Labute approximate surface area is 168 Å². The van der Waals surface area contributed by atoms with E-state index in [4.69, 9.17) is 16.3 Å². The lowest BCUT2D eigenvalue weighted by Crippen LogP contribution is -2.22. The third-order valence-corrected chi connectivity index (χ3v) is 8.97. The highest BCUT2D eigenvalue weighted by atomic mass is 35.5. The number of methoxy groups -OCH3 is 1. The van der Waals surface area contributed by atoms with E-state index in [1.807, 2.05) is 0 Å². The molecule has 150 valence electrons. The molecule has 1 N–H and O–H groups in total. The molecule has 2 aromatic carbocycles. The van der Waals surface area contributed by atoms with E-state index in [1.165, 1.54) is 37.4 Å². The lowest BCUT2D eigenvalue weighted by atomic mass is 10.2. The van der Waals surface area contributed by atoms with Gasteiger partial charge < -0.3 is 10.1 Å². The fourth-order valence-corrected chi connectivity index (χ4v) is 7.56. The van der Waals surface area contributed by atoms with Crippen molar-refractivity contribution in [3.63, 3.8) is 0 Å². The second-order valence-corrected chi connectivity index (χ2v) is 11.3. The number of hydrogen-bond acceptors (Lipinski definition) is 6. The Kier molecular flexibility index (Phi) is 5.69. The maximum atomic E-state index is 12.6. The molecule has 1 amide bonds. The molecule has 28 heavy (non-hydrogen) atoms. The van der Waals surface area contributed by atoms with Gasteiger partial charge in [-0.25, -0.2) is 16.8 Å². The molecule has 0 saturated carbocycles. The van der Waals surface area contributed by atoms with Crippen molar-refractivity contribution >= 4 is 42.9 Å². The highest BCUT2D eigenvalue weighted by Crippen LogP contribution is 2.28. The van der Waals surface area contributed by atoms with Crippen LogP contribution in [0.25, 0.3) is 0 Å². The molecule has 1 atom stereocenters. The molecule has 1 unspecified atom stereocenters. The first-order valence-electron chi connectivity index (χ1n) is 8.32. The molecule has 7 nitrogen and oxygen atoms in total. The number of halogens is 1. The molecule has 1 fully saturated rings. The number of hydrogen-bond donors (Lipinski definition) is 1. The number of anilines is 1. The van der Waals surface area contributed by atoms with E-state index < -0.39 is 30.8 Å². The molecule has 1 aliphatic heterocycles. The van der Waals surface area contributed by atoms with Crippen molar-refractivity contribution in [3.05, 3.63) is 53.1 Å². The van der Waals surface area contributed by atoms with Gasteiger partial charge in [-0.2, -0.15) is 0 Å². The predicted molar refractivity (Wildman–Crippen MR) is 107 cm³/mol. The van der Waals surface area contributed by atoms with Crippen LogP contribution < -0.4 is 10.1 Å². The van der Waals surface area contributed by atoms with E-state index in [0.29, 0.717) is 16.5 Å². The zero-order chi connectivity index (χ0) is 20.5.